The van der Waals surface area contributed by atoms with Gasteiger partial charge in [0.05, 0.1) is 22.8 Å². The van der Waals surface area contributed by atoms with Gasteiger partial charge in [-0.25, -0.2) is 4.98 Å². The first-order valence-electron chi connectivity index (χ1n) is 6.06. The van der Waals surface area contributed by atoms with Gasteiger partial charge in [-0.1, -0.05) is 0 Å². The monoisotopic (exact) mass is 255 g/mol. The first kappa shape index (κ1) is 13.0. The minimum absolute atomic E-state index is 0.00420. The van der Waals surface area contributed by atoms with Crippen molar-refractivity contribution in [2.75, 3.05) is 26.8 Å². The molecule has 0 saturated carbocycles. The first-order valence-corrected chi connectivity index (χ1v) is 6.94. The molecule has 4 nitrogen and oxygen atoms in total. The second kappa shape index (κ2) is 5.44. The summed E-state index contributed by atoms with van der Waals surface area (Å²) in [7, 11) is 2.12. The average Bonchev–Trinajstić information content (AvgIpc) is 2.75. The highest BCUT2D eigenvalue weighted by Crippen LogP contribution is 2.26. The number of hydrogen-bond acceptors (Lipinski definition) is 5. The summed E-state index contributed by atoms with van der Waals surface area (Å²) >= 11 is 1.70. The third-order valence-electron chi connectivity index (χ3n) is 3.56. The summed E-state index contributed by atoms with van der Waals surface area (Å²) in [5.74, 6) is 0. The van der Waals surface area contributed by atoms with Gasteiger partial charge in [-0.05, 0) is 26.8 Å². The van der Waals surface area contributed by atoms with Gasteiger partial charge in [0.15, 0.2) is 0 Å². The van der Waals surface area contributed by atoms with E-state index < -0.39 is 0 Å². The molecule has 1 aromatic rings. The van der Waals surface area contributed by atoms with E-state index in [-0.39, 0.29) is 5.54 Å². The number of rotatable bonds is 4. The summed E-state index contributed by atoms with van der Waals surface area (Å²) in [5.41, 5.74) is 7.09. The number of aromatic nitrogens is 1. The summed E-state index contributed by atoms with van der Waals surface area (Å²) < 4.78 is 5.60. The normalized spacial score (nSPS) is 25.4. The fourth-order valence-corrected chi connectivity index (χ4v) is 2.95. The Morgan fingerprint density at radius 1 is 1.65 bits per heavy atom. The summed E-state index contributed by atoms with van der Waals surface area (Å²) in [6, 6.07) is 0. The molecule has 17 heavy (non-hydrogen) atoms. The quantitative estimate of drug-likeness (QED) is 0.883. The Morgan fingerprint density at radius 2 is 2.47 bits per heavy atom. The van der Waals surface area contributed by atoms with Gasteiger partial charge in [0.2, 0.25) is 0 Å². The number of likely N-dealkylation sites (N-methyl/N-ethyl adjacent to an activating group) is 1. The molecular formula is C12H21N3OS. The van der Waals surface area contributed by atoms with E-state index in [1.165, 1.54) is 0 Å². The van der Waals surface area contributed by atoms with E-state index in [4.69, 9.17) is 10.5 Å². The molecule has 2 N–H and O–H groups in total. The third kappa shape index (κ3) is 2.85. The van der Waals surface area contributed by atoms with Crippen LogP contribution in [0.1, 0.15) is 23.5 Å². The van der Waals surface area contributed by atoms with Crippen LogP contribution in [0.2, 0.25) is 0 Å². The van der Waals surface area contributed by atoms with E-state index in [0.29, 0.717) is 6.54 Å². The summed E-state index contributed by atoms with van der Waals surface area (Å²) in [4.78, 5) is 6.81. The standard InChI is InChI=1S/C12H21N3OS/c1-10-14-11(7-17-10)6-15(2)12(8-13)4-3-5-16-9-12/h7H,3-6,8-9,13H2,1-2H3. The predicted octanol–water partition coefficient (Wildman–Crippen LogP) is 1.39. The maximum atomic E-state index is 5.96. The van der Waals surface area contributed by atoms with E-state index in [1.54, 1.807) is 11.3 Å². The van der Waals surface area contributed by atoms with Gasteiger partial charge in [-0.3, -0.25) is 4.90 Å². The van der Waals surface area contributed by atoms with E-state index in [1.807, 2.05) is 6.92 Å². The Bertz CT molecular complexity index is 360. The van der Waals surface area contributed by atoms with Crippen LogP contribution in [0.25, 0.3) is 0 Å². The van der Waals surface area contributed by atoms with Gasteiger partial charge in [0.25, 0.3) is 0 Å². The molecular weight excluding hydrogens is 234 g/mol. The first-order chi connectivity index (χ1) is 8.16. The maximum Gasteiger partial charge on any atom is 0.0897 e. The molecule has 2 heterocycles. The second-order valence-electron chi connectivity index (χ2n) is 4.80. The number of nitrogens with zero attached hydrogens (tertiary/aromatic N) is 2. The Kier molecular flexibility index (Phi) is 4.14. The highest BCUT2D eigenvalue weighted by molar-refractivity contribution is 7.09. The van der Waals surface area contributed by atoms with Gasteiger partial charge in [-0.2, -0.15) is 0 Å². The molecule has 0 aromatic carbocycles. The maximum absolute atomic E-state index is 5.96. The zero-order chi connectivity index (χ0) is 12.3. The lowest BCUT2D eigenvalue weighted by Gasteiger charge is -2.43. The minimum Gasteiger partial charge on any atom is -0.379 e. The zero-order valence-corrected chi connectivity index (χ0v) is 11.4. The molecule has 1 saturated heterocycles. The number of ether oxygens (including phenoxy) is 1. The number of hydrogen-bond donors (Lipinski definition) is 1. The SMILES string of the molecule is Cc1nc(CN(C)C2(CN)CCCOC2)cs1. The Labute approximate surface area is 107 Å². The van der Waals surface area contributed by atoms with Crippen LogP contribution in [0.3, 0.4) is 0 Å². The van der Waals surface area contributed by atoms with Crippen LogP contribution in [0.15, 0.2) is 5.38 Å². The molecule has 2 rings (SSSR count). The molecule has 1 unspecified atom stereocenters. The fourth-order valence-electron chi connectivity index (χ4n) is 2.35. The fraction of sp³-hybridized carbons (Fsp3) is 0.750. The molecule has 1 fully saturated rings. The molecule has 1 aromatic heterocycles. The van der Waals surface area contributed by atoms with Gasteiger partial charge < -0.3 is 10.5 Å². The molecule has 1 aliphatic heterocycles. The van der Waals surface area contributed by atoms with Crippen molar-refractivity contribution in [3.63, 3.8) is 0 Å². The van der Waals surface area contributed by atoms with Crippen molar-refractivity contribution < 1.29 is 4.74 Å². The predicted molar refractivity (Wildman–Crippen MR) is 70.2 cm³/mol. The van der Waals surface area contributed by atoms with Crippen molar-refractivity contribution in [2.24, 2.45) is 5.73 Å². The molecule has 5 heteroatoms. The summed E-state index contributed by atoms with van der Waals surface area (Å²) in [6.07, 6.45) is 2.21. The van der Waals surface area contributed by atoms with Crippen LogP contribution in [0.4, 0.5) is 0 Å². The van der Waals surface area contributed by atoms with Crippen LogP contribution in [-0.2, 0) is 11.3 Å². The van der Waals surface area contributed by atoms with Crippen molar-refractivity contribution in [3.05, 3.63) is 16.1 Å². The lowest BCUT2D eigenvalue weighted by Crippen LogP contribution is -2.56. The van der Waals surface area contributed by atoms with Crippen molar-refractivity contribution >= 4 is 11.3 Å². The van der Waals surface area contributed by atoms with E-state index >= 15 is 0 Å². The molecule has 0 spiro atoms. The average molecular weight is 255 g/mol. The zero-order valence-electron chi connectivity index (χ0n) is 10.6. The van der Waals surface area contributed by atoms with Crippen molar-refractivity contribution in [1.82, 2.24) is 9.88 Å². The number of nitrogens with two attached hydrogens (primary N) is 1. The molecule has 0 radical (unpaired) electrons. The molecule has 0 aliphatic carbocycles. The van der Waals surface area contributed by atoms with E-state index in [2.05, 4.69) is 22.3 Å². The lowest BCUT2D eigenvalue weighted by molar-refractivity contribution is -0.0378. The highest BCUT2D eigenvalue weighted by atomic mass is 32.1. The van der Waals surface area contributed by atoms with Gasteiger partial charge in [-0.15, -0.1) is 11.3 Å². The number of thiazole rings is 1. The van der Waals surface area contributed by atoms with Crippen molar-refractivity contribution in [2.45, 2.75) is 31.8 Å². The third-order valence-corrected chi connectivity index (χ3v) is 4.38. The Balaban J connectivity index is 2.04. The molecule has 0 bridgehead atoms. The minimum atomic E-state index is -0.00420. The summed E-state index contributed by atoms with van der Waals surface area (Å²) in [5, 5.41) is 3.25. The number of aryl methyl sites for hydroxylation is 1. The van der Waals surface area contributed by atoms with E-state index in [9.17, 15) is 0 Å². The van der Waals surface area contributed by atoms with Gasteiger partial charge in [0.1, 0.15) is 0 Å². The largest absolute Gasteiger partial charge is 0.379 e. The molecule has 96 valence electrons. The van der Waals surface area contributed by atoms with Crippen molar-refractivity contribution in [1.29, 1.82) is 0 Å². The molecule has 1 atom stereocenters. The second-order valence-corrected chi connectivity index (χ2v) is 5.86. The Hall–Kier alpha value is -0.490. The lowest BCUT2D eigenvalue weighted by atomic mass is 9.90. The topological polar surface area (TPSA) is 51.4 Å². The van der Waals surface area contributed by atoms with Crippen LogP contribution >= 0.6 is 11.3 Å². The molecule has 1 aliphatic rings. The van der Waals surface area contributed by atoms with Crippen LogP contribution in [0.5, 0.6) is 0 Å². The summed E-state index contributed by atoms with van der Waals surface area (Å²) in [6.45, 7) is 5.14. The van der Waals surface area contributed by atoms with Crippen LogP contribution < -0.4 is 5.73 Å². The van der Waals surface area contributed by atoms with E-state index in [0.717, 1.165) is 43.3 Å². The van der Waals surface area contributed by atoms with Crippen LogP contribution in [0, 0.1) is 6.92 Å². The highest BCUT2D eigenvalue weighted by Gasteiger charge is 2.35. The smallest absolute Gasteiger partial charge is 0.0897 e. The van der Waals surface area contributed by atoms with Crippen LogP contribution in [-0.4, -0.2) is 42.2 Å². The molecule has 0 amide bonds. The van der Waals surface area contributed by atoms with Crippen molar-refractivity contribution in [3.8, 4) is 0 Å². The van der Waals surface area contributed by atoms with Gasteiger partial charge in [0, 0.05) is 25.1 Å². The Morgan fingerprint density at radius 3 is 3.00 bits per heavy atom. The van der Waals surface area contributed by atoms with Gasteiger partial charge >= 0.3 is 0 Å².